The van der Waals surface area contributed by atoms with Gasteiger partial charge < -0.3 is 13.9 Å². The first-order valence-corrected chi connectivity index (χ1v) is 17.2. The first kappa shape index (κ1) is 27.5. The molecule has 2 aliphatic heterocycles. The van der Waals surface area contributed by atoms with Crippen LogP contribution in [0, 0.1) is 0 Å². The highest BCUT2D eigenvalue weighted by molar-refractivity contribution is 7.80. The van der Waals surface area contributed by atoms with Gasteiger partial charge in [-0.2, -0.15) is 0 Å². The summed E-state index contributed by atoms with van der Waals surface area (Å²) >= 11 is 0. The fourth-order valence-corrected chi connectivity index (χ4v) is 10.5. The van der Waals surface area contributed by atoms with Gasteiger partial charge in [-0.3, -0.25) is 0 Å². The number of hydrogen-bond acceptors (Lipinski definition) is 5. The Balaban J connectivity index is 1.07. The molecule has 0 amide bonds. The molecule has 0 N–H and O–H groups in total. The lowest BCUT2D eigenvalue weighted by Gasteiger charge is -2.29. The van der Waals surface area contributed by atoms with Gasteiger partial charge in [0.15, 0.2) is 0 Å². The van der Waals surface area contributed by atoms with Crippen LogP contribution in [-0.2, 0) is 0 Å². The maximum atomic E-state index is 6.21. The minimum atomic E-state index is -0.852. The number of aromatic nitrogens is 2. The number of fused-ring (bicyclic) bond motifs is 3. The number of nitrogens with zero attached hydrogens (tertiary/aromatic N) is 2. The molecule has 0 fully saturated rings. The van der Waals surface area contributed by atoms with Gasteiger partial charge in [-0.05, 0) is 75.0 Å². The summed E-state index contributed by atoms with van der Waals surface area (Å²) in [6, 6.07) is 41.5. The summed E-state index contributed by atoms with van der Waals surface area (Å²) in [4.78, 5) is 0. The van der Waals surface area contributed by atoms with E-state index in [-0.39, 0.29) is 0 Å². The highest BCUT2D eigenvalue weighted by Crippen LogP contribution is 2.51. The molecule has 0 saturated carbocycles. The average molecular weight is 621 g/mol. The van der Waals surface area contributed by atoms with Crippen molar-refractivity contribution in [1.82, 2.24) is 10.2 Å². The smallest absolute Gasteiger partial charge is 0.248 e. The molecule has 5 nitrogen and oxygen atoms in total. The second-order valence-corrected chi connectivity index (χ2v) is 14.7. The summed E-state index contributed by atoms with van der Waals surface area (Å²) in [5, 5.41) is 15.8. The minimum Gasteiger partial charge on any atom is -0.456 e. The molecule has 0 radical (unpaired) electrons. The van der Waals surface area contributed by atoms with Crippen LogP contribution >= 0.6 is 15.8 Å². The molecular weight excluding hydrogens is 594 g/mol. The third-order valence-electron chi connectivity index (χ3n) is 7.80. The Morgan fingerprint density at radius 3 is 1.42 bits per heavy atom. The predicted octanol–water partition coefficient (Wildman–Crippen LogP) is 7.68. The number of hydrogen-bond donors (Lipinski definition) is 0. The molecule has 0 saturated heterocycles. The van der Waals surface area contributed by atoms with E-state index in [1.807, 2.05) is 60.7 Å². The quantitative estimate of drug-likeness (QED) is 0.179. The molecule has 0 aliphatic carbocycles. The van der Waals surface area contributed by atoms with Gasteiger partial charge in [-0.1, -0.05) is 98.1 Å². The van der Waals surface area contributed by atoms with Crippen LogP contribution in [0.25, 0.3) is 22.9 Å². The van der Waals surface area contributed by atoms with E-state index in [2.05, 4.69) is 90.1 Å². The van der Waals surface area contributed by atoms with Crippen LogP contribution in [-0.4, -0.2) is 10.2 Å². The lowest BCUT2D eigenvalue weighted by molar-refractivity contribution is 0.445. The van der Waals surface area contributed by atoms with Crippen molar-refractivity contribution in [2.24, 2.45) is 0 Å². The Kier molecular flexibility index (Phi) is 6.99. The Hall–Kier alpha value is -5.08. The lowest BCUT2D eigenvalue weighted by Crippen LogP contribution is -2.26. The lowest BCUT2D eigenvalue weighted by atomic mass is 10.2. The monoisotopic (exact) mass is 620 g/mol. The second-order valence-electron chi connectivity index (χ2n) is 10.4. The normalized spacial score (nSPS) is 15.2. The van der Waals surface area contributed by atoms with Crippen molar-refractivity contribution in [1.29, 1.82) is 0 Å². The molecule has 216 valence electrons. The molecule has 0 spiro atoms. The van der Waals surface area contributed by atoms with Crippen LogP contribution in [0.2, 0.25) is 0 Å². The Morgan fingerprint density at radius 2 is 0.933 bits per heavy atom. The molecule has 8 rings (SSSR count). The fraction of sp³-hybridized carbons (Fsp3) is 0. The summed E-state index contributed by atoms with van der Waals surface area (Å²) < 4.78 is 18.5. The largest absolute Gasteiger partial charge is 0.456 e. The molecule has 3 heterocycles. The van der Waals surface area contributed by atoms with Gasteiger partial charge in [0, 0.05) is 32.4 Å². The van der Waals surface area contributed by atoms with Gasteiger partial charge >= 0.3 is 0 Å². The van der Waals surface area contributed by atoms with E-state index in [1.54, 1.807) is 6.08 Å². The number of rotatable bonds is 6. The van der Waals surface area contributed by atoms with Gasteiger partial charge in [-0.25, -0.2) is 0 Å². The SMILES string of the molecule is C=CC1=C(C=C)P(c2ccc(-c3nnc(-c4ccc(P5c6ccccc6Oc6ccccc65)cc4)o3)cc2)c2ccccc2O1. The number of para-hydroxylation sites is 3. The molecule has 1 aromatic heterocycles. The summed E-state index contributed by atoms with van der Waals surface area (Å²) in [7, 11) is -1.61. The fourth-order valence-electron chi connectivity index (χ4n) is 5.70. The zero-order valence-electron chi connectivity index (χ0n) is 24.1. The van der Waals surface area contributed by atoms with Gasteiger partial charge in [0.25, 0.3) is 0 Å². The van der Waals surface area contributed by atoms with Crippen LogP contribution in [0.15, 0.2) is 162 Å². The molecule has 0 bridgehead atoms. The third-order valence-corrected chi connectivity index (χ3v) is 12.9. The number of allylic oxidation sites excluding steroid dienone is 3. The third kappa shape index (κ3) is 4.82. The molecule has 1 atom stereocenters. The first-order valence-electron chi connectivity index (χ1n) is 14.5. The van der Waals surface area contributed by atoms with E-state index in [4.69, 9.17) is 13.9 Å². The standard InChI is InChI=1S/C38H26N2O3P2/c1-3-29-33(4-2)44(34-14-8-5-11-30(34)41-29)27-21-17-25(18-22-27)37-39-40-38(43-37)26-19-23-28(24-20-26)45-35-15-9-6-12-31(35)42-32-13-7-10-16-36(32)45/h3-24H,1-2H2. The maximum Gasteiger partial charge on any atom is 0.248 e. The minimum absolute atomic E-state index is 0.476. The van der Waals surface area contributed by atoms with E-state index >= 15 is 0 Å². The van der Waals surface area contributed by atoms with Crippen LogP contribution in [0.4, 0.5) is 0 Å². The second kappa shape index (κ2) is 11.4. The Labute approximate surface area is 263 Å². The first-order chi connectivity index (χ1) is 22.2. The average Bonchev–Trinajstić information content (AvgIpc) is 3.60. The van der Waals surface area contributed by atoms with Crippen molar-refractivity contribution in [2.75, 3.05) is 0 Å². The van der Waals surface area contributed by atoms with Gasteiger partial charge in [0.2, 0.25) is 11.8 Å². The van der Waals surface area contributed by atoms with Gasteiger partial charge in [0.1, 0.15) is 23.0 Å². The van der Waals surface area contributed by atoms with Crippen molar-refractivity contribution in [3.63, 3.8) is 0 Å². The maximum absolute atomic E-state index is 6.21. The van der Waals surface area contributed by atoms with E-state index in [0.717, 1.165) is 44.8 Å². The molecule has 6 aromatic rings. The highest BCUT2D eigenvalue weighted by atomic mass is 31.1. The highest BCUT2D eigenvalue weighted by Gasteiger charge is 2.29. The molecule has 45 heavy (non-hydrogen) atoms. The predicted molar refractivity (Wildman–Crippen MR) is 185 cm³/mol. The molecule has 5 aromatic carbocycles. The van der Waals surface area contributed by atoms with Crippen LogP contribution in [0.1, 0.15) is 0 Å². The summed E-state index contributed by atoms with van der Waals surface area (Å²) in [5.74, 6) is 4.39. The molecule has 7 heteroatoms. The Morgan fingerprint density at radius 1 is 0.489 bits per heavy atom. The number of benzene rings is 5. The van der Waals surface area contributed by atoms with E-state index in [1.165, 1.54) is 21.2 Å². The zero-order chi connectivity index (χ0) is 30.3. The van der Waals surface area contributed by atoms with Crippen LogP contribution < -0.4 is 36.0 Å². The summed E-state index contributed by atoms with van der Waals surface area (Å²) in [5.41, 5.74) is 1.73. The molecular formula is C38H26N2O3P2. The van der Waals surface area contributed by atoms with Crippen molar-refractivity contribution >= 4 is 42.4 Å². The van der Waals surface area contributed by atoms with Crippen molar-refractivity contribution in [3.05, 3.63) is 158 Å². The number of ether oxygens (including phenoxy) is 2. The zero-order valence-corrected chi connectivity index (χ0v) is 25.9. The van der Waals surface area contributed by atoms with E-state index < -0.39 is 15.8 Å². The van der Waals surface area contributed by atoms with Crippen molar-refractivity contribution in [2.45, 2.75) is 0 Å². The van der Waals surface area contributed by atoms with Crippen molar-refractivity contribution in [3.8, 4) is 40.2 Å². The van der Waals surface area contributed by atoms with Crippen LogP contribution in [0.3, 0.4) is 0 Å². The molecule has 1 unspecified atom stereocenters. The topological polar surface area (TPSA) is 57.4 Å². The van der Waals surface area contributed by atoms with E-state index in [9.17, 15) is 0 Å². The van der Waals surface area contributed by atoms with Crippen molar-refractivity contribution < 1.29 is 13.9 Å². The van der Waals surface area contributed by atoms with E-state index in [0.29, 0.717) is 11.8 Å². The Bertz CT molecular complexity index is 2070. The molecule has 2 aliphatic rings. The van der Waals surface area contributed by atoms with Gasteiger partial charge in [0.05, 0.1) is 0 Å². The summed E-state index contributed by atoms with van der Waals surface area (Å²) in [6.07, 6.45) is 3.63. The van der Waals surface area contributed by atoms with Gasteiger partial charge in [-0.15, -0.1) is 10.2 Å². The summed E-state index contributed by atoms with van der Waals surface area (Å²) in [6.45, 7) is 8.03. The van der Waals surface area contributed by atoms with Crippen LogP contribution in [0.5, 0.6) is 17.2 Å².